The first-order chi connectivity index (χ1) is 5.70. The lowest BCUT2D eigenvalue weighted by Crippen LogP contribution is -2.38. The minimum atomic E-state index is -0.667. The lowest BCUT2D eigenvalue weighted by atomic mass is 10.1. The second-order valence-corrected chi connectivity index (χ2v) is 2.41. The fraction of sp³-hybridized carbons (Fsp3) is 0.286. The van der Waals surface area contributed by atoms with E-state index in [0.717, 1.165) is 5.69 Å². The van der Waals surface area contributed by atoms with Crippen molar-refractivity contribution in [3.05, 3.63) is 24.3 Å². The summed E-state index contributed by atoms with van der Waals surface area (Å²) in [4.78, 5) is 18.2. The highest BCUT2D eigenvalue weighted by Gasteiger charge is 2.09. The van der Waals surface area contributed by atoms with Crippen molar-refractivity contribution in [1.29, 1.82) is 0 Å². The summed E-state index contributed by atoms with van der Waals surface area (Å²) in [6.07, 6.45) is 3.36. The average molecular weight is 166 g/mol. The molecule has 1 amide bonds. The number of hydrogen-bond donors (Lipinski definition) is 2. The first-order valence-electron chi connectivity index (χ1n) is 3.50. The second-order valence-electron chi connectivity index (χ2n) is 2.41. The van der Waals surface area contributed by atoms with Crippen LogP contribution in [0.4, 0.5) is 0 Å². The third-order valence-corrected chi connectivity index (χ3v) is 1.44. The highest BCUT2D eigenvalue weighted by atomic mass is 16.1. The van der Waals surface area contributed by atoms with Crippen molar-refractivity contribution in [2.75, 3.05) is 0 Å². The van der Waals surface area contributed by atoms with Crippen LogP contribution in [0.3, 0.4) is 0 Å². The van der Waals surface area contributed by atoms with Crippen molar-refractivity contribution in [3.8, 4) is 0 Å². The zero-order valence-electron chi connectivity index (χ0n) is 6.47. The Morgan fingerprint density at radius 3 is 2.92 bits per heavy atom. The van der Waals surface area contributed by atoms with E-state index in [0.29, 0.717) is 6.42 Å². The third kappa shape index (κ3) is 2.28. The zero-order valence-corrected chi connectivity index (χ0v) is 6.47. The Bertz CT molecular complexity index is 261. The molecule has 1 atom stereocenters. The number of carbonyl (C=O) groups excluding carboxylic acids is 1. The van der Waals surface area contributed by atoms with Crippen molar-refractivity contribution < 1.29 is 4.79 Å². The van der Waals surface area contributed by atoms with Crippen molar-refractivity contribution >= 4 is 5.91 Å². The smallest absolute Gasteiger partial charge is 0.234 e. The predicted molar refractivity (Wildman–Crippen MR) is 42.9 cm³/mol. The highest BCUT2D eigenvalue weighted by molar-refractivity contribution is 5.79. The van der Waals surface area contributed by atoms with Gasteiger partial charge in [0.1, 0.15) is 6.33 Å². The molecule has 1 aromatic heterocycles. The number of aromatic nitrogens is 2. The van der Waals surface area contributed by atoms with Gasteiger partial charge in [-0.05, 0) is 6.07 Å². The molecule has 1 rings (SSSR count). The van der Waals surface area contributed by atoms with E-state index in [1.165, 1.54) is 6.33 Å². The fourth-order valence-electron chi connectivity index (χ4n) is 0.765. The summed E-state index contributed by atoms with van der Waals surface area (Å²) in [5, 5.41) is 0. The van der Waals surface area contributed by atoms with E-state index < -0.39 is 11.9 Å². The number of nitrogens with two attached hydrogens (primary N) is 2. The maximum Gasteiger partial charge on any atom is 0.234 e. The molecule has 4 N–H and O–H groups in total. The SMILES string of the molecule is NC(=O)C(N)Cc1ccncn1. The lowest BCUT2D eigenvalue weighted by molar-refractivity contribution is -0.119. The van der Waals surface area contributed by atoms with Crippen LogP contribution >= 0.6 is 0 Å². The molecule has 0 spiro atoms. The van der Waals surface area contributed by atoms with E-state index in [2.05, 4.69) is 9.97 Å². The number of primary amides is 1. The Labute approximate surface area is 69.8 Å². The molecule has 0 fully saturated rings. The number of nitrogens with zero attached hydrogens (tertiary/aromatic N) is 2. The number of carbonyl (C=O) groups is 1. The van der Waals surface area contributed by atoms with Crippen LogP contribution in [0.2, 0.25) is 0 Å². The molecular weight excluding hydrogens is 156 g/mol. The molecule has 0 aliphatic carbocycles. The van der Waals surface area contributed by atoms with Crippen LogP contribution in [0.5, 0.6) is 0 Å². The number of rotatable bonds is 3. The molecule has 1 unspecified atom stereocenters. The summed E-state index contributed by atoms with van der Waals surface area (Å²) in [7, 11) is 0. The van der Waals surface area contributed by atoms with Crippen LogP contribution in [-0.4, -0.2) is 21.9 Å². The molecular formula is C7H10N4O. The van der Waals surface area contributed by atoms with E-state index in [1.807, 2.05) is 0 Å². The van der Waals surface area contributed by atoms with Crippen LogP contribution in [0, 0.1) is 0 Å². The van der Waals surface area contributed by atoms with Crippen LogP contribution < -0.4 is 11.5 Å². The molecule has 0 aliphatic heterocycles. The van der Waals surface area contributed by atoms with E-state index in [4.69, 9.17) is 11.5 Å². The average Bonchev–Trinajstić information content (AvgIpc) is 2.06. The molecule has 12 heavy (non-hydrogen) atoms. The van der Waals surface area contributed by atoms with Crippen LogP contribution in [-0.2, 0) is 11.2 Å². The Balaban J connectivity index is 2.58. The van der Waals surface area contributed by atoms with Gasteiger partial charge < -0.3 is 11.5 Å². The van der Waals surface area contributed by atoms with Gasteiger partial charge in [-0.25, -0.2) is 9.97 Å². The highest BCUT2D eigenvalue weighted by Crippen LogP contribution is 1.94. The van der Waals surface area contributed by atoms with Crippen molar-refractivity contribution in [1.82, 2.24) is 9.97 Å². The zero-order chi connectivity index (χ0) is 8.97. The van der Waals surface area contributed by atoms with E-state index in [9.17, 15) is 4.79 Å². The molecule has 1 aromatic rings. The summed E-state index contributed by atoms with van der Waals surface area (Å²) in [5.74, 6) is -0.520. The lowest BCUT2D eigenvalue weighted by Gasteiger charge is -2.04. The normalized spacial score (nSPS) is 12.4. The van der Waals surface area contributed by atoms with Crippen LogP contribution in [0.1, 0.15) is 5.69 Å². The van der Waals surface area contributed by atoms with E-state index >= 15 is 0 Å². The minimum Gasteiger partial charge on any atom is -0.368 e. The van der Waals surface area contributed by atoms with Gasteiger partial charge in [0.05, 0.1) is 6.04 Å². The Morgan fingerprint density at radius 2 is 2.42 bits per heavy atom. The topological polar surface area (TPSA) is 94.9 Å². The van der Waals surface area contributed by atoms with Crippen LogP contribution in [0.15, 0.2) is 18.6 Å². The summed E-state index contributed by atoms with van der Waals surface area (Å²) >= 11 is 0. The Hall–Kier alpha value is -1.49. The predicted octanol–water partition coefficient (Wildman–Crippen LogP) is -1.17. The maximum atomic E-state index is 10.6. The molecule has 5 heteroatoms. The van der Waals surface area contributed by atoms with Gasteiger partial charge in [0, 0.05) is 18.3 Å². The number of amides is 1. The van der Waals surface area contributed by atoms with Gasteiger partial charge in [0.2, 0.25) is 5.91 Å². The third-order valence-electron chi connectivity index (χ3n) is 1.44. The van der Waals surface area contributed by atoms with E-state index in [-0.39, 0.29) is 0 Å². The summed E-state index contributed by atoms with van der Waals surface area (Å²) in [6.45, 7) is 0. The monoisotopic (exact) mass is 166 g/mol. The Morgan fingerprint density at radius 1 is 1.67 bits per heavy atom. The van der Waals surface area contributed by atoms with Gasteiger partial charge in [0.25, 0.3) is 0 Å². The molecule has 0 bridgehead atoms. The first kappa shape index (κ1) is 8.61. The quantitative estimate of drug-likeness (QED) is 0.591. The maximum absolute atomic E-state index is 10.6. The molecule has 0 radical (unpaired) electrons. The standard InChI is InChI=1S/C7H10N4O/c8-6(7(9)12)3-5-1-2-10-4-11-5/h1-2,4,6H,3,8H2,(H2,9,12). The van der Waals surface area contributed by atoms with Crippen LogP contribution in [0.25, 0.3) is 0 Å². The molecule has 0 aromatic carbocycles. The molecule has 0 saturated heterocycles. The number of hydrogen-bond acceptors (Lipinski definition) is 4. The van der Waals surface area contributed by atoms with Gasteiger partial charge in [-0.1, -0.05) is 0 Å². The second kappa shape index (κ2) is 3.77. The van der Waals surface area contributed by atoms with Crippen molar-refractivity contribution in [2.45, 2.75) is 12.5 Å². The van der Waals surface area contributed by atoms with Gasteiger partial charge in [0.15, 0.2) is 0 Å². The minimum absolute atomic E-state index is 0.359. The summed E-state index contributed by atoms with van der Waals surface area (Å²) in [6, 6.07) is 1.03. The summed E-state index contributed by atoms with van der Waals surface area (Å²) < 4.78 is 0. The van der Waals surface area contributed by atoms with Crippen molar-refractivity contribution in [2.24, 2.45) is 11.5 Å². The Kier molecular flexibility index (Phi) is 2.71. The van der Waals surface area contributed by atoms with Gasteiger partial charge in [-0.3, -0.25) is 4.79 Å². The van der Waals surface area contributed by atoms with Gasteiger partial charge in [-0.15, -0.1) is 0 Å². The molecule has 0 saturated carbocycles. The van der Waals surface area contributed by atoms with E-state index in [1.54, 1.807) is 12.3 Å². The fourth-order valence-corrected chi connectivity index (χ4v) is 0.765. The molecule has 64 valence electrons. The van der Waals surface area contributed by atoms with Crippen molar-refractivity contribution in [3.63, 3.8) is 0 Å². The first-order valence-corrected chi connectivity index (χ1v) is 3.50. The largest absolute Gasteiger partial charge is 0.368 e. The molecule has 1 heterocycles. The molecule has 5 nitrogen and oxygen atoms in total. The summed E-state index contributed by atoms with van der Waals surface area (Å²) in [5.41, 5.74) is 11.1. The molecule has 0 aliphatic rings. The van der Waals surface area contributed by atoms with Gasteiger partial charge in [-0.2, -0.15) is 0 Å². The van der Waals surface area contributed by atoms with Gasteiger partial charge >= 0.3 is 0 Å².